The molecule has 26 heavy (non-hydrogen) atoms. The lowest BCUT2D eigenvalue weighted by molar-refractivity contribution is -0.142. The molecule has 0 spiro atoms. The second-order valence-corrected chi connectivity index (χ2v) is 9.86. The van der Waals surface area contributed by atoms with Crippen molar-refractivity contribution in [1.29, 1.82) is 5.26 Å². The fraction of sp³-hybridized carbons (Fsp3) is 0.588. The zero-order valence-electron chi connectivity index (χ0n) is 14.8. The molecule has 0 aromatic heterocycles. The smallest absolute Gasteiger partial charge is 0.297 e. The second kappa shape index (κ2) is 7.98. The lowest BCUT2D eigenvalue weighted by Crippen LogP contribution is -2.63. The van der Waals surface area contributed by atoms with Crippen LogP contribution in [0.1, 0.15) is 32.8 Å². The third kappa shape index (κ3) is 4.31. The van der Waals surface area contributed by atoms with Crippen LogP contribution < -0.4 is 9.46 Å². The molecule has 1 aliphatic rings. The van der Waals surface area contributed by atoms with Crippen molar-refractivity contribution in [2.45, 2.75) is 43.4 Å². The van der Waals surface area contributed by atoms with Gasteiger partial charge in [-0.2, -0.15) is 5.26 Å². The van der Waals surface area contributed by atoms with Crippen molar-refractivity contribution in [3.63, 3.8) is 0 Å². The Kier molecular flexibility index (Phi) is 6.57. The lowest BCUT2D eigenvalue weighted by atomic mass is 9.80. The van der Waals surface area contributed by atoms with E-state index < -0.39 is 40.8 Å². The highest BCUT2D eigenvalue weighted by Crippen LogP contribution is 2.48. The Hall–Kier alpha value is -0.920. The third-order valence-corrected chi connectivity index (χ3v) is 6.17. The highest BCUT2D eigenvalue weighted by atomic mass is 79.9. The molecular formula is C17H21BrF2N2O3S. The minimum absolute atomic E-state index is 0.0385. The summed E-state index contributed by atoms with van der Waals surface area (Å²) in [4.78, 5) is 0. The van der Waals surface area contributed by atoms with E-state index in [0.717, 1.165) is 0 Å². The predicted octanol–water partition coefficient (Wildman–Crippen LogP) is 3.65. The maximum absolute atomic E-state index is 15.3. The number of halogens is 3. The topological polar surface area (TPSA) is 77.3 Å². The Morgan fingerprint density at radius 2 is 2.15 bits per heavy atom. The van der Waals surface area contributed by atoms with Crippen molar-refractivity contribution in [2.75, 3.05) is 19.8 Å². The zero-order chi connectivity index (χ0) is 19.6. The number of alkyl halides is 2. The molecule has 1 heterocycles. The molecule has 0 amide bonds. The number of hydrogen-bond donors (Lipinski definition) is 1. The highest BCUT2D eigenvalue weighted by Gasteiger charge is 2.61. The van der Waals surface area contributed by atoms with Gasteiger partial charge < -0.3 is 14.0 Å². The molecular weight excluding hydrogens is 430 g/mol. The van der Waals surface area contributed by atoms with Gasteiger partial charge in [0.2, 0.25) is 0 Å². The van der Waals surface area contributed by atoms with Gasteiger partial charge in [-0.1, -0.05) is 15.9 Å². The molecule has 1 aromatic rings. The fourth-order valence-electron chi connectivity index (χ4n) is 2.63. The van der Waals surface area contributed by atoms with Crippen molar-refractivity contribution in [3.05, 3.63) is 28.2 Å². The first-order valence-corrected chi connectivity index (χ1v) is 9.93. The number of hydrogen-bond acceptors (Lipinski definition) is 5. The Labute approximate surface area is 163 Å². The van der Waals surface area contributed by atoms with Crippen molar-refractivity contribution >= 4 is 27.3 Å². The molecule has 2 atom stereocenters. The fourth-order valence-corrected chi connectivity index (χ4v) is 3.98. The number of nitrogens with one attached hydrogen (secondary N) is 1. The largest absolute Gasteiger partial charge is 0.598 e. The van der Waals surface area contributed by atoms with Gasteiger partial charge in [-0.25, -0.2) is 8.78 Å². The van der Waals surface area contributed by atoms with Gasteiger partial charge in [-0.05, 0) is 39.0 Å². The molecule has 1 aromatic carbocycles. The van der Waals surface area contributed by atoms with Crippen molar-refractivity contribution in [2.24, 2.45) is 0 Å². The van der Waals surface area contributed by atoms with Gasteiger partial charge in [0.05, 0.1) is 12.7 Å². The normalized spacial score (nSPS) is 21.5. The molecule has 2 rings (SSSR count). The first-order chi connectivity index (χ1) is 12.0. The van der Waals surface area contributed by atoms with E-state index in [1.54, 1.807) is 45.0 Å². The van der Waals surface area contributed by atoms with E-state index in [9.17, 15) is 4.55 Å². The summed E-state index contributed by atoms with van der Waals surface area (Å²) in [7, 11) is 0. The van der Waals surface area contributed by atoms with Gasteiger partial charge in [0.25, 0.3) is 5.92 Å². The number of fused-ring (bicyclic) bond motifs is 1. The molecule has 9 heteroatoms. The maximum atomic E-state index is 15.3. The number of nitriles is 1. The Morgan fingerprint density at radius 3 is 2.77 bits per heavy atom. The molecule has 0 radical (unpaired) electrons. The summed E-state index contributed by atoms with van der Waals surface area (Å²) in [5.41, 5.74) is -1.74. The Balaban J connectivity index is 2.54. The molecule has 0 bridgehead atoms. The van der Waals surface area contributed by atoms with Gasteiger partial charge in [-0.3, -0.25) is 0 Å². The van der Waals surface area contributed by atoms with Crippen molar-refractivity contribution < 1.29 is 22.8 Å². The first kappa shape index (κ1) is 21.4. The van der Waals surface area contributed by atoms with Crippen molar-refractivity contribution in [3.8, 4) is 11.8 Å². The average molecular weight is 451 g/mol. The Bertz CT molecular complexity index is 694. The van der Waals surface area contributed by atoms with E-state index in [2.05, 4.69) is 20.7 Å². The number of rotatable bonds is 6. The van der Waals surface area contributed by atoms with Gasteiger partial charge in [0.1, 0.15) is 23.7 Å². The zero-order valence-corrected chi connectivity index (χ0v) is 17.2. The average Bonchev–Trinajstić information content (AvgIpc) is 2.54. The minimum atomic E-state index is -3.43. The van der Waals surface area contributed by atoms with E-state index in [0.29, 0.717) is 10.2 Å². The van der Waals surface area contributed by atoms with Crippen LogP contribution >= 0.6 is 15.9 Å². The van der Waals surface area contributed by atoms with Gasteiger partial charge in [0, 0.05) is 27.8 Å². The lowest BCUT2D eigenvalue weighted by Gasteiger charge is -2.44. The number of ether oxygens (including phenoxy) is 2. The van der Waals surface area contributed by atoms with E-state index in [4.69, 9.17) is 14.7 Å². The standard InChI is InChI=1S/C17H21BrF2N2O3S/c1-15(2,3)26(23)22-16(17(19,20)11-24-9-7-21)6-8-25-14-5-4-12(18)10-13(14)16/h4-5,10,22H,6,8-9,11H2,1-3H3/t16-,26?/m1/s1. The van der Waals surface area contributed by atoms with Crippen LogP contribution in [-0.4, -0.2) is 35.0 Å². The van der Waals surface area contributed by atoms with Crippen LogP contribution in [0.25, 0.3) is 0 Å². The van der Waals surface area contributed by atoms with Crippen LogP contribution in [0.4, 0.5) is 8.78 Å². The SMILES string of the molecule is CC(C)(C)[S+]([O-])N[C@]1(C(F)(F)COCC#N)CCOc2ccc(Br)cc21. The van der Waals surface area contributed by atoms with Crippen molar-refractivity contribution in [1.82, 2.24) is 4.72 Å². The van der Waals surface area contributed by atoms with Crippen LogP contribution in [-0.2, 0) is 21.6 Å². The van der Waals surface area contributed by atoms with E-state index >= 15 is 8.78 Å². The summed E-state index contributed by atoms with van der Waals surface area (Å²) < 4.78 is 56.3. The molecule has 0 saturated heterocycles. The van der Waals surface area contributed by atoms with Crippen LogP contribution in [0.5, 0.6) is 5.75 Å². The third-order valence-electron chi connectivity index (χ3n) is 4.03. The minimum Gasteiger partial charge on any atom is -0.598 e. The monoisotopic (exact) mass is 450 g/mol. The van der Waals surface area contributed by atoms with Crippen LogP contribution in [0.3, 0.4) is 0 Å². The molecule has 1 aliphatic heterocycles. The van der Waals surface area contributed by atoms with Crippen LogP contribution in [0, 0.1) is 11.3 Å². The summed E-state index contributed by atoms with van der Waals surface area (Å²) in [6.07, 6.45) is -0.0960. The molecule has 0 saturated carbocycles. The summed E-state index contributed by atoms with van der Waals surface area (Å²) in [5.74, 6) is -3.12. The van der Waals surface area contributed by atoms with E-state index in [1.165, 1.54) is 0 Å². The maximum Gasteiger partial charge on any atom is 0.297 e. The summed E-state index contributed by atoms with van der Waals surface area (Å²) in [5, 5.41) is 8.57. The predicted molar refractivity (Wildman–Crippen MR) is 98.3 cm³/mol. The van der Waals surface area contributed by atoms with E-state index in [-0.39, 0.29) is 18.6 Å². The molecule has 0 aliphatic carbocycles. The molecule has 1 N–H and O–H groups in total. The molecule has 144 valence electrons. The molecule has 5 nitrogen and oxygen atoms in total. The molecule has 1 unspecified atom stereocenters. The quantitative estimate of drug-likeness (QED) is 0.528. The van der Waals surface area contributed by atoms with Gasteiger partial charge >= 0.3 is 0 Å². The molecule has 0 fully saturated rings. The van der Waals surface area contributed by atoms with Gasteiger partial charge in [0.15, 0.2) is 5.54 Å². The van der Waals surface area contributed by atoms with Crippen LogP contribution in [0.2, 0.25) is 0 Å². The number of benzene rings is 1. The second-order valence-electron chi connectivity index (χ2n) is 6.98. The van der Waals surface area contributed by atoms with Gasteiger partial charge in [-0.15, -0.1) is 4.72 Å². The first-order valence-electron chi connectivity index (χ1n) is 7.98. The summed E-state index contributed by atoms with van der Waals surface area (Å²) in [6.45, 7) is 3.73. The highest BCUT2D eigenvalue weighted by molar-refractivity contribution is 9.10. The number of nitrogens with zero attached hydrogens (tertiary/aromatic N) is 1. The Morgan fingerprint density at radius 1 is 1.46 bits per heavy atom. The van der Waals surface area contributed by atoms with E-state index in [1.807, 2.05) is 0 Å². The summed E-state index contributed by atoms with van der Waals surface area (Å²) in [6, 6.07) is 6.51. The van der Waals surface area contributed by atoms with Crippen LogP contribution in [0.15, 0.2) is 22.7 Å². The summed E-state index contributed by atoms with van der Waals surface area (Å²) >= 11 is 1.54.